The predicted octanol–water partition coefficient (Wildman–Crippen LogP) is 2.80. The standard InChI is InChI=1S/C9H5ClNO/c10-8-3-1-7(2-4-8)9-5-11-6-12-9/h1-4,6H. The van der Waals surface area contributed by atoms with Crippen LogP contribution in [0, 0.1) is 6.20 Å². The first kappa shape index (κ1) is 7.37. The van der Waals surface area contributed by atoms with Gasteiger partial charge in [-0.25, -0.2) is 4.98 Å². The molecule has 0 saturated carbocycles. The minimum Gasteiger partial charge on any atom is -0.443 e. The normalized spacial score (nSPS) is 10.1. The molecule has 1 aromatic heterocycles. The first-order valence-corrected chi connectivity index (χ1v) is 3.81. The molecule has 0 spiro atoms. The van der Waals surface area contributed by atoms with Crippen LogP contribution in [0.25, 0.3) is 11.3 Å². The van der Waals surface area contributed by atoms with Crippen molar-refractivity contribution in [2.45, 2.75) is 0 Å². The number of hydrogen-bond acceptors (Lipinski definition) is 2. The Bertz CT molecular complexity index is 353. The van der Waals surface area contributed by atoms with Crippen LogP contribution in [0.4, 0.5) is 0 Å². The summed E-state index contributed by atoms with van der Waals surface area (Å²) in [7, 11) is 0. The third-order valence-corrected chi connectivity index (χ3v) is 1.75. The minimum atomic E-state index is 0.631. The van der Waals surface area contributed by atoms with Crippen molar-refractivity contribution in [2.24, 2.45) is 0 Å². The van der Waals surface area contributed by atoms with Gasteiger partial charge in [0.05, 0.1) is 0 Å². The molecule has 0 unspecified atom stereocenters. The Labute approximate surface area is 74.8 Å². The van der Waals surface area contributed by atoms with Gasteiger partial charge in [-0.15, -0.1) is 0 Å². The molecule has 3 heteroatoms. The molecule has 0 saturated heterocycles. The van der Waals surface area contributed by atoms with Gasteiger partial charge in [0.1, 0.15) is 6.20 Å². The fraction of sp³-hybridized carbons (Fsp3) is 0. The van der Waals surface area contributed by atoms with E-state index in [-0.39, 0.29) is 0 Å². The van der Waals surface area contributed by atoms with Gasteiger partial charge in [0.15, 0.2) is 12.2 Å². The quantitative estimate of drug-likeness (QED) is 0.671. The largest absolute Gasteiger partial charge is 0.443 e. The maximum atomic E-state index is 5.72. The molecule has 0 aliphatic heterocycles. The van der Waals surface area contributed by atoms with E-state index in [4.69, 9.17) is 16.0 Å². The van der Waals surface area contributed by atoms with Crippen LogP contribution < -0.4 is 0 Å². The number of halogens is 1. The highest BCUT2D eigenvalue weighted by atomic mass is 35.5. The molecule has 0 atom stereocenters. The highest BCUT2D eigenvalue weighted by molar-refractivity contribution is 6.30. The first-order valence-electron chi connectivity index (χ1n) is 3.43. The van der Waals surface area contributed by atoms with Crippen LogP contribution >= 0.6 is 11.6 Å². The summed E-state index contributed by atoms with van der Waals surface area (Å²) in [6, 6.07) is 7.32. The molecule has 1 radical (unpaired) electrons. The number of hydrogen-bond donors (Lipinski definition) is 0. The summed E-state index contributed by atoms with van der Waals surface area (Å²) < 4.78 is 5.05. The summed E-state index contributed by atoms with van der Waals surface area (Å²) in [5.74, 6) is 0.631. The van der Waals surface area contributed by atoms with Gasteiger partial charge >= 0.3 is 0 Å². The molecule has 0 aliphatic rings. The second kappa shape index (κ2) is 2.99. The van der Waals surface area contributed by atoms with Gasteiger partial charge in [0.2, 0.25) is 0 Å². The Morgan fingerprint density at radius 2 is 2.00 bits per heavy atom. The minimum absolute atomic E-state index is 0.631. The number of oxazole rings is 1. The molecule has 2 nitrogen and oxygen atoms in total. The number of rotatable bonds is 1. The predicted molar refractivity (Wildman–Crippen MR) is 45.8 cm³/mol. The van der Waals surface area contributed by atoms with E-state index >= 15 is 0 Å². The zero-order valence-corrected chi connectivity index (χ0v) is 6.88. The highest BCUT2D eigenvalue weighted by Gasteiger charge is 1.99. The van der Waals surface area contributed by atoms with E-state index in [1.165, 1.54) is 6.39 Å². The molecule has 0 aliphatic carbocycles. The average molecular weight is 179 g/mol. The van der Waals surface area contributed by atoms with Crippen LogP contribution in [0.2, 0.25) is 5.02 Å². The third-order valence-electron chi connectivity index (χ3n) is 1.50. The highest BCUT2D eigenvalue weighted by Crippen LogP contribution is 2.19. The van der Waals surface area contributed by atoms with Crippen LogP contribution in [0.1, 0.15) is 0 Å². The molecule has 1 aromatic carbocycles. The van der Waals surface area contributed by atoms with Crippen molar-refractivity contribution in [1.82, 2.24) is 4.98 Å². The Morgan fingerprint density at radius 3 is 2.58 bits per heavy atom. The molecule has 59 valence electrons. The second-order valence-corrected chi connectivity index (χ2v) is 2.74. The molecule has 2 rings (SSSR count). The van der Waals surface area contributed by atoms with Crippen molar-refractivity contribution in [1.29, 1.82) is 0 Å². The second-order valence-electron chi connectivity index (χ2n) is 2.30. The summed E-state index contributed by atoms with van der Waals surface area (Å²) in [6.07, 6.45) is 4.06. The SMILES string of the molecule is Clc1ccc(-c2[c]nco2)cc1. The monoisotopic (exact) mass is 178 g/mol. The first-order chi connectivity index (χ1) is 5.86. The van der Waals surface area contributed by atoms with E-state index in [0.717, 1.165) is 5.56 Å². The van der Waals surface area contributed by atoms with Crippen LogP contribution in [0.5, 0.6) is 0 Å². The maximum absolute atomic E-state index is 5.72. The maximum Gasteiger partial charge on any atom is 0.182 e. The van der Waals surface area contributed by atoms with Gasteiger partial charge in [-0.05, 0) is 24.3 Å². The Balaban J connectivity index is 2.43. The summed E-state index contributed by atoms with van der Waals surface area (Å²) in [4.78, 5) is 3.70. The van der Waals surface area contributed by atoms with E-state index < -0.39 is 0 Å². The van der Waals surface area contributed by atoms with Gasteiger partial charge in [-0.3, -0.25) is 0 Å². The lowest BCUT2D eigenvalue weighted by Gasteiger charge is -1.93. The van der Waals surface area contributed by atoms with Gasteiger partial charge in [0.25, 0.3) is 0 Å². The molecule has 0 amide bonds. The lowest BCUT2D eigenvalue weighted by atomic mass is 10.2. The molecule has 2 aromatic rings. The summed E-state index contributed by atoms with van der Waals surface area (Å²) in [5, 5.41) is 0.707. The third kappa shape index (κ3) is 1.34. The Kier molecular flexibility index (Phi) is 1.84. The van der Waals surface area contributed by atoms with E-state index in [2.05, 4.69) is 11.2 Å². The topological polar surface area (TPSA) is 26.0 Å². The van der Waals surface area contributed by atoms with Crippen LogP contribution in [-0.2, 0) is 0 Å². The van der Waals surface area contributed by atoms with Gasteiger partial charge in [-0.1, -0.05) is 11.6 Å². The average Bonchev–Trinajstić information content (AvgIpc) is 2.58. The van der Waals surface area contributed by atoms with Crippen LogP contribution in [-0.4, -0.2) is 4.98 Å². The Morgan fingerprint density at radius 1 is 1.25 bits per heavy atom. The molecule has 12 heavy (non-hydrogen) atoms. The summed E-state index contributed by atoms with van der Waals surface area (Å²) in [6.45, 7) is 0. The fourth-order valence-corrected chi connectivity index (χ4v) is 1.05. The molecular formula is C9H5ClNO. The van der Waals surface area contributed by atoms with E-state index in [1.54, 1.807) is 12.1 Å². The molecular weight excluding hydrogens is 174 g/mol. The smallest absolute Gasteiger partial charge is 0.182 e. The van der Waals surface area contributed by atoms with Crippen molar-refractivity contribution < 1.29 is 4.42 Å². The van der Waals surface area contributed by atoms with Gasteiger partial charge in [-0.2, -0.15) is 0 Å². The molecule has 0 fully saturated rings. The van der Waals surface area contributed by atoms with Gasteiger partial charge < -0.3 is 4.42 Å². The van der Waals surface area contributed by atoms with Crippen LogP contribution in [0.15, 0.2) is 35.1 Å². The summed E-state index contributed by atoms with van der Waals surface area (Å²) >= 11 is 5.72. The molecule has 1 heterocycles. The lowest BCUT2D eigenvalue weighted by Crippen LogP contribution is -1.72. The van der Waals surface area contributed by atoms with E-state index in [0.29, 0.717) is 10.8 Å². The lowest BCUT2D eigenvalue weighted by molar-refractivity contribution is 0.572. The molecule has 0 N–H and O–H groups in total. The van der Waals surface area contributed by atoms with Crippen molar-refractivity contribution in [3.63, 3.8) is 0 Å². The number of benzene rings is 1. The zero-order valence-electron chi connectivity index (χ0n) is 6.12. The van der Waals surface area contributed by atoms with Crippen molar-refractivity contribution in [2.75, 3.05) is 0 Å². The summed E-state index contributed by atoms with van der Waals surface area (Å²) in [5.41, 5.74) is 0.928. The Hall–Kier alpha value is -1.28. The fourth-order valence-electron chi connectivity index (χ4n) is 0.924. The van der Waals surface area contributed by atoms with E-state index in [1.807, 2.05) is 12.1 Å². The van der Waals surface area contributed by atoms with Gasteiger partial charge in [0, 0.05) is 10.6 Å². The number of nitrogens with zero attached hydrogens (tertiary/aromatic N) is 1. The van der Waals surface area contributed by atoms with Crippen molar-refractivity contribution in [3.05, 3.63) is 41.9 Å². The van der Waals surface area contributed by atoms with Crippen molar-refractivity contribution >= 4 is 11.6 Å². The molecule has 0 bridgehead atoms. The number of aromatic nitrogens is 1. The van der Waals surface area contributed by atoms with Crippen LogP contribution in [0.3, 0.4) is 0 Å². The zero-order chi connectivity index (χ0) is 8.39. The van der Waals surface area contributed by atoms with Crippen molar-refractivity contribution in [3.8, 4) is 11.3 Å². The van der Waals surface area contributed by atoms with E-state index in [9.17, 15) is 0 Å².